The fourth-order valence-corrected chi connectivity index (χ4v) is 4.62. The lowest BCUT2D eigenvalue weighted by Gasteiger charge is -2.21. The van der Waals surface area contributed by atoms with Crippen molar-refractivity contribution in [2.45, 2.75) is 49.9 Å². The lowest BCUT2D eigenvalue weighted by molar-refractivity contribution is -0.129. The maximum Gasteiger partial charge on any atom is 0.249 e. The normalized spacial score (nSPS) is 20.4. The molecule has 1 aliphatic heterocycles. The first-order chi connectivity index (χ1) is 13.0. The van der Waals surface area contributed by atoms with Crippen molar-refractivity contribution in [3.63, 3.8) is 0 Å². The highest BCUT2D eigenvalue weighted by molar-refractivity contribution is 7.90. The average molecular weight is 390 g/mol. The molecule has 2 aromatic rings. The van der Waals surface area contributed by atoms with E-state index < -0.39 is 10.0 Å². The Labute approximate surface area is 158 Å². The molecule has 1 saturated heterocycles. The molecule has 0 bridgehead atoms. The van der Waals surface area contributed by atoms with Crippen LogP contribution in [-0.4, -0.2) is 41.2 Å². The van der Waals surface area contributed by atoms with E-state index in [0.717, 1.165) is 12.0 Å². The van der Waals surface area contributed by atoms with Crippen LogP contribution in [0.2, 0.25) is 0 Å². The zero-order chi connectivity index (χ0) is 18.9. The standard InChI is InChI=1S/C18H22N4O4S/c23-17-9-8-15(22(17)11-10-13-4-2-1-3-5-13)18-20-16(21-26-18)12-19-27(24,25)14-6-7-14/h1-5,14-15,19H,6-12H2/t15-/m0/s1. The average Bonchev–Trinajstić information content (AvgIpc) is 3.33. The van der Waals surface area contributed by atoms with Crippen LogP contribution in [0.5, 0.6) is 0 Å². The second kappa shape index (κ2) is 7.40. The van der Waals surface area contributed by atoms with Gasteiger partial charge in [-0.15, -0.1) is 0 Å². The predicted molar refractivity (Wildman–Crippen MR) is 96.9 cm³/mol. The molecule has 8 nitrogen and oxygen atoms in total. The fourth-order valence-electron chi connectivity index (χ4n) is 3.30. The van der Waals surface area contributed by atoms with Crippen molar-refractivity contribution in [2.24, 2.45) is 0 Å². The number of nitrogens with one attached hydrogen (secondary N) is 1. The molecule has 0 unspecified atom stereocenters. The molecule has 2 heterocycles. The second-order valence-corrected chi connectivity index (χ2v) is 9.04. The van der Waals surface area contributed by atoms with E-state index >= 15 is 0 Å². The highest BCUT2D eigenvalue weighted by Gasteiger charge is 2.37. The van der Waals surface area contributed by atoms with Crippen LogP contribution in [0.1, 0.15) is 49.0 Å². The highest BCUT2D eigenvalue weighted by atomic mass is 32.2. The van der Waals surface area contributed by atoms with E-state index in [4.69, 9.17) is 4.52 Å². The van der Waals surface area contributed by atoms with Crippen LogP contribution in [-0.2, 0) is 27.8 Å². The summed E-state index contributed by atoms with van der Waals surface area (Å²) in [5.41, 5.74) is 1.16. The van der Waals surface area contributed by atoms with Crippen molar-refractivity contribution in [3.8, 4) is 0 Å². The number of sulfonamides is 1. The molecule has 9 heteroatoms. The van der Waals surface area contributed by atoms with Gasteiger partial charge in [-0.25, -0.2) is 13.1 Å². The monoisotopic (exact) mass is 390 g/mol. The summed E-state index contributed by atoms with van der Waals surface area (Å²) in [6.45, 7) is 0.590. The molecule has 2 fully saturated rings. The molecule has 0 spiro atoms. The highest BCUT2D eigenvalue weighted by Crippen LogP contribution is 2.32. The van der Waals surface area contributed by atoms with Crippen molar-refractivity contribution in [2.75, 3.05) is 6.54 Å². The van der Waals surface area contributed by atoms with Gasteiger partial charge in [-0.1, -0.05) is 35.5 Å². The third-order valence-electron chi connectivity index (χ3n) is 4.98. The first-order valence-electron chi connectivity index (χ1n) is 9.17. The van der Waals surface area contributed by atoms with Crippen molar-refractivity contribution < 1.29 is 17.7 Å². The molecule has 1 N–H and O–H groups in total. The van der Waals surface area contributed by atoms with Crippen molar-refractivity contribution in [1.82, 2.24) is 19.8 Å². The molecule has 1 aliphatic carbocycles. The van der Waals surface area contributed by atoms with Gasteiger partial charge in [-0.05, 0) is 31.2 Å². The Morgan fingerprint density at radius 2 is 1.96 bits per heavy atom. The van der Waals surface area contributed by atoms with Crippen LogP contribution in [0.15, 0.2) is 34.9 Å². The van der Waals surface area contributed by atoms with Crippen LogP contribution in [0.3, 0.4) is 0 Å². The van der Waals surface area contributed by atoms with Gasteiger partial charge in [0.2, 0.25) is 21.8 Å². The van der Waals surface area contributed by atoms with Crippen molar-refractivity contribution >= 4 is 15.9 Å². The Balaban J connectivity index is 1.39. The summed E-state index contributed by atoms with van der Waals surface area (Å²) in [4.78, 5) is 18.4. The number of aromatic nitrogens is 2. The molecular formula is C18H22N4O4S. The van der Waals surface area contributed by atoms with Gasteiger partial charge in [0, 0.05) is 13.0 Å². The number of benzene rings is 1. The molecule has 1 aromatic carbocycles. The summed E-state index contributed by atoms with van der Waals surface area (Å²) in [5.74, 6) is 0.733. The summed E-state index contributed by atoms with van der Waals surface area (Å²) in [6.07, 6.45) is 3.24. The molecule has 144 valence electrons. The largest absolute Gasteiger partial charge is 0.337 e. The summed E-state index contributed by atoms with van der Waals surface area (Å²) >= 11 is 0. The number of hydrogen-bond acceptors (Lipinski definition) is 6. The fraction of sp³-hybridized carbons (Fsp3) is 0.500. The van der Waals surface area contributed by atoms with E-state index in [1.165, 1.54) is 0 Å². The lowest BCUT2D eigenvalue weighted by Crippen LogP contribution is -2.30. The van der Waals surface area contributed by atoms with Gasteiger partial charge in [-0.2, -0.15) is 4.98 Å². The Hall–Kier alpha value is -2.26. The summed E-state index contributed by atoms with van der Waals surface area (Å²) in [5, 5.41) is 3.58. The van der Waals surface area contributed by atoms with Crippen LogP contribution in [0, 0.1) is 0 Å². The van der Waals surface area contributed by atoms with Gasteiger partial charge in [0.05, 0.1) is 11.8 Å². The molecular weight excluding hydrogens is 368 g/mol. The zero-order valence-corrected chi connectivity index (χ0v) is 15.7. The van der Waals surface area contributed by atoms with E-state index in [1.807, 2.05) is 30.3 Å². The van der Waals surface area contributed by atoms with E-state index in [9.17, 15) is 13.2 Å². The number of hydrogen-bond donors (Lipinski definition) is 1. The molecule has 1 aromatic heterocycles. The second-order valence-electron chi connectivity index (χ2n) is 6.99. The molecule has 2 aliphatic rings. The van der Waals surface area contributed by atoms with E-state index in [1.54, 1.807) is 4.90 Å². The Bertz CT molecular complexity index is 908. The Kier molecular flexibility index (Phi) is 4.96. The minimum Gasteiger partial charge on any atom is -0.337 e. The van der Waals surface area contributed by atoms with Crippen LogP contribution in [0.25, 0.3) is 0 Å². The molecule has 1 atom stereocenters. The molecule has 0 radical (unpaired) electrons. The molecule has 1 amide bonds. The third-order valence-corrected chi connectivity index (χ3v) is 6.87. The molecule has 27 heavy (non-hydrogen) atoms. The maximum absolute atomic E-state index is 12.3. The van der Waals surface area contributed by atoms with Gasteiger partial charge >= 0.3 is 0 Å². The molecule has 1 saturated carbocycles. The van der Waals surface area contributed by atoms with Gasteiger partial charge in [-0.3, -0.25) is 4.79 Å². The number of likely N-dealkylation sites (tertiary alicyclic amines) is 1. The van der Waals surface area contributed by atoms with Crippen LogP contribution < -0.4 is 4.72 Å². The van der Waals surface area contributed by atoms with Crippen molar-refractivity contribution in [1.29, 1.82) is 0 Å². The molecule has 4 rings (SSSR count). The third kappa shape index (κ3) is 4.19. The summed E-state index contributed by atoms with van der Waals surface area (Å²) in [6, 6.07) is 9.74. The minimum absolute atomic E-state index is 0.00696. The van der Waals surface area contributed by atoms with E-state index in [0.29, 0.717) is 38.1 Å². The van der Waals surface area contributed by atoms with E-state index in [2.05, 4.69) is 14.9 Å². The number of amides is 1. The number of carbonyl (C=O) groups excluding carboxylic acids is 1. The SMILES string of the molecule is O=C1CC[C@@H](c2nc(CNS(=O)(=O)C3CC3)no2)N1CCc1ccccc1. The number of carbonyl (C=O) groups is 1. The van der Waals surface area contributed by atoms with Crippen LogP contribution >= 0.6 is 0 Å². The topological polar surface area (TPSA) is 105 Å². The lowest BCUT2D eigenvalue weighted by atomic mass is 10.1. The van der Waals surface area contributed by atoms with Gasteiger partial charge in [0.1, 0.15) is 6.04 Å². The Morgan fingerprint density at radius 1 is 1.19 bits per heavy atom. The van der Waals surface area contributed by atoms with Gasteiger partial charge < -0.3 is 9.42 Å². The smallest absolute Gasteiger partial charge is 0.249 e. The Morgan fingerprint density at radius 3 is 2.70 bits per heavy atom. The van der Waals surface area contributed by atoms with Crippen LogP contribution in [0.4, 0.5) is 0 Å². The number of nitrogens with zero attached hydrogens (tertiary/aromatic N) is 3. The summed E-state index contributed by atoms with van der Waals surface area (Å²) in [7, 11) is -3.29. The number of rotatable bonds is 8. The van der Waals surface area contributed by atoms with Crippen molar-refractivity contribution in [3.05, 3.63) is 47.6 Å². The first kappa shape index (κ1) is 18.1. The minimum atomic E-state index is -3.29. The first-order valence-corrected chi connectivity index (χ1v) is 10.7. The summed E-state index contributed by atoms with van der Waals surface area (Å²) < 4.78 is 31.6. The van der Waals surface area contributed by atoms with E-state index in [-0.39, 0.29) is 29.6 Å². The van der Waals surface area contributed by atoms with Gasteiger partial charge in [0.15, 0.2) is 5.82 Å². The van der Waals surface area contributed by atoms with Gasteiger partial charge in [0.25, 0.3) is 0 Å². The zero-order valence-electron chi connectivity index (χ0n) is 14.9. The maximum atomic E-state index is 12.3. The predicted octanol–water partition coefficient (Wildman–Crippen LogP) is 1.56. The quantitative estimate of drug-likeness (QED) is 0.733.